The summed E-state index contributed by atoms with van der Waals surface area (Å²) in [6.45, 7) is 6.17. The van der Waals surface area contributed by atoms with Gasteiger partial charge in [0.05, 0.1) is 18.3 Å². The van der Waals surface area contributed by atoms with Gasteiger partial charge in [-0.15, -0.1) is 5.10 Å². The van der Waals surface area contributed by atoms with Crippen LogP contribution in [0.15, 0.2) is 103 Å². The maximum absolute atomic E-state index is 16.2. The summed E-state index contributed by atoms with van der Waals surface area (Å²) < 4.78 is 64.7. The number of alkyl halides is 2. The number of benzene rings is 3. The Morgan fingerprint density at radius 2 is 1.45 bits per heavy atom. The van der Waals surface area contributed by atoms with Crippen molar-refractivity contribution in [3.8, 4) is 16.8 Å². The number of piperazine rings is 1. The van der Waals surface area contributed by atoms with Crippen LogP contribution < -0.4 is 15.5 Å². The lowest BCUT2D eigenvalue weighted by molar-refractivity contribution is -0.207. The Morgan fingerprint density at radius 1 is 0.830 bits per heavy atom. The van der Waals surface area contributed by atoms with E-state index in [0.29, 0.717) is 11.6 Å². The van der Waals surface area contributed by atoms with E-state index in [1.807, 2.05) is 62.4 Å². The molecule has 0 bridgehead atoms. The van der Waals surface area contributed by atoms with Gasteiger partial charge in [0.25, 0.3) is 0 Å². The van der Waals surface area contributed by atoms with Gasteiger partial charge in [0.1, 0.15) is 30.0 Å². The number of hydrogen-bond donors (Lipinski definition) is 1. The van der Waals surface area contributed by atoms with Crippen molar-refractivity contribution in [3.05, 3.63) is 131 Å². The van der Waals surface area contributed by atoms with Crippen LogP contribution in [0.1, 0.15) is 37.6 Å². The number of pyridine rings is 1. The number of aromatic nitrogens is 8. The summed E-state index contributed by atoms with van der Waals surface area (Å²) in [6.07, 6.45) is 4.63. The number of hydrogen-bond acceptors (Lipinski definition) is 9. The third kappa shape index (κ3) is 6.77. The van der Waals surface area contributed by atoms with Crippen LogP contribution >= 0.6 is 0 Å². The zero-order valence-electron chi connectivity index (χ0n) is 28.9. The van der Waals surface area contributed by atoms with Crippen LogP contribution in [0.25, 0.3) is 16.8 Å². The fourth-order valence-electron chi connectivity index (χ4n) is 6.51. The smallest absolute Gasteiger partial charge is 0.350 e. The second-order valence-corrected chi connectivity index (χ2v) is 13.0. The molecule has 53 heavy (non-hydrogen) atoms. The number of aliphatic hydroxyl groups is 1. The van der Waals surface area contributed by atoms with E-state index in [-0.39, 0.29) is 11.7 Å². The molecule has 16 heteroatoms. The Morgan fingerprint density at radius 3 is 2.02 bits per heavy atom. The highest BCUT2D eigenvalue weighted by molar-refractivity contribution is 5.66. The lowest BCUT2D eigenvalue weighted by atomic mass is 9.84. The maximum Gasteiger partial charge on any atom is 0.350 e. The van der Waals surface area contributed by atoms with E-state index in [4.69, 9.17) is 0 Å². The molecule has 274 valence electrons. The molecule has 2 atom stereocenters. The minimum Gasteiger partial charge on any atom is -0.377 e. The molecule has 1 N–H and O–H groups in total. The lowest BCUT2D eigenvalue weighted by Crippen LogP contribution is -2.48. The van der Waals surface area contributed by atoms with Gasteiger partial charge >= 0.3 is 11.6 Å². The predicted octanol–water partition coefficient (Wildman–Crippen LogP) is 5.34. The first-order valence-corrected chi connectivity index (χ1v) is 17.1. The summed E-state index contributed by atoms with van der Waals surface area (Å²) in [5.41, 5.74) is -0.931. The van der Waals surface area contributed by atoms with E-state index in [2.05, 4.69) is 35.4 Å². The summed E-state index contributed by atoms with van der Waals surface area (Å²) >= 11 is 0. The van der Waals surface area contributed by atoms with Crippen molar-refractivity contribution in [2.45, 2.75) is 44.4 Å². The standard InChI is InChI=1S/C37H36F4N10O2/c1-3-25(2)51-35(52)50(24-44-51)31-12-10-30(11-13-31)48-18-16-47(17-19-48)29-8-4-26(5-9-29)27-6-15-34(42-21-27)37(40,41)36(53,22-49-23-43-45-46-49)32-14-7-28(38)20-33(32)39/h4-15,20-21,23-25,53H,3,16-19,22H2,1-2H3. The first-order chi connectivity index (χ1) is 25.5. The van der Waals surface area contributed by atoms with E-state index in [0.717, 1.165) is 84.4 Å². The maximum atomic E-state index is 16.2. The van der Waals surface area contributed by atoms with Crippen LogP contribution in [0.5, 0.6) is 0 Å². The highest BCUT2D eigenvalue weighted by Gasteiger charge is 2.58. The monoisotopic (exact) mass is 728 g/mol. The average Bonchev–Trinajstić information content (AvgIpc) is 3.84. The van der Waals surface area contributed by atoms with Crippen LogP contribution in [0.2, 0.25) is 0 Å². The second kappa shape index (κ2) is 14.3. The summed E-state index contributed by atoms with van der Waals surface area (Å²) in [4.78, 5) is 21.3. The van der Waals surface area contributed by atoms with Crippen molar-refractivity contribution >= 4 is 11.4 Å². The van der Waals surface area contributed by atoms with Crippen molar-refractivity contribution in [1.29, 1.82) is 0 Å². The average molecular weight is 729 g/mol. The largest absolute Gasteiger partial charge is 0.377 e. The van der Waals surface area contributed by atoms with Crippen LogP contribution in [0.3, 0.4) is 0 Å². The molecular weight excluding hydrogens is 692 g/mol. The van der Waals surface area contributed by atoms with E-state index >= 15 is 8.78 Å². The van der Waals surface area contributed by atoms with Gasteiger partial charge in [0.15, 0.2) is 5.60 Å². The molecule has 3 aromatic carbocycles. The molecule has 2 unspecified atom stereocenters. The predicted molar refractivity (Wildman–Crippen MR) is 189 cm³/mol. The van der Waals surface area contributed by atoms with E-state index in [1.165, 1.54) is 16.9 Å². The molecule has 4 heterocycles. The molecule has 0 radical (unpaired) electrons. The summed E-state index contributed by atoms with van der Waals surface area (Å²) in [5, 5.41) is 26.0. The topological polar surface area (TPSA) is 123 Å². The van der Waals surface area contributed by atoms with Crippen LogP contribution in [-0.2, 0) is 18.1 Å². The van der Waals surface area contributed by atoms with Crippen molar-refractivity contribution in [3.63, 3.8) is 0 Å². The number of nitrogens with zero attached hydrogens (tertiary/aromatic N) is 10. The molecule has 7 rings (SSSR count). The van der Waals surface area contributed by atoms with Gasteiger partial charge in [-0.1, -0.05) is 25.1 Å². The Balaban J connectivity index is 1.01. The van der Waals surface area contributed by atoms with Crippen LogP contribution in [0, 0.1) is 11.6 Å². The van der Waals surface area contributed by atoms with E-state index in [1.54, 1.807) is 10.9 Å². The van der Waals surface area contributed by atoms with E-state index in [9.17, 15) is 18.7 Å². The number of rotatable bonds is 11. The second-order valence-electron chi connectivity index (χ2n) is 13.0. The van der Waals surface area contributed by atoms with Gasteiger partial charge in [-0.2, -0.15) is 13.9 Å². The Labute approximate surface area is 301 Å². The van der Waals surface area contributed by atoms with Gasteiger partial charge in [0.2, 0.25) is 0 Å². The minimum atomic E-state index is -4.15. The molecule has 1 fully saturated rings. The molecule has 0 aliphatic carbocycles. The normalized spacial score (nSPS) is 15.4. The summed E-state index contributed by atoms with van der Waals surface area (Å²) in [5.74, 6) is -6.49. The van der Waals surface area contributed by atoms with Gasteiger partial charge in [-0.05, 0) is 83.9 Å². The molecule has 0 amide bonds. The summed E-state index contributed by atoms with van der Waals surface area (Å²) in [7, 11) is 0. The molecule has 6 aromatic rings. The molecule has 0 spiro atoms. The lowest BCUT2D eigenvalue weighted by Gasteiger charge is -2.37. The molecule has 1 saturated heterocycles. The zero-order chi connectivity index (χ0) is 37.3. The number of halogens is 4. The SMILES string of the molecule is CCC(C)n1ncn(-c2ccc(N3CCN(c4ccc(-c5ccc(C(F)(F)C(O)(Cn6cnnn6)c6ccc(F)cc6F)nc5)cc4)CC3)cc2)c1=O. The van der Waals surface area contributed by atoms with Crippen molar-refractivity contribution in [2.75, 3.05) is 36.0 Å². The molecule has 1 aliphatic rings. The zero-order valence-corrected chi connectivity index (χ0v) is 28.9. The van der Waals surface area contributed by atoms with Gasteiger partial charge in [-0.25, -0.2) is 27.5 Å². The minimum absolute atomic E-state index is 0.0233. The third-order valence-corrected chi connectivity index (χ3v) is 9.80. The highest BCUT2D eigenvalue weighted by Crippen LogP contribution is 2.47. The number of tetrazole rings is 1. The van der Waals surface area contributed by atoms with Gasteiger partial charge in [0, 0.05) is 60.9 Å². The molecule has 0 saturated carbocycles. The van der Waals surface area contributed by atoms with Crippen LogP contribution in [0.4, 0.5) is 28.9 Å². The first-order valence-electron chi connectivity index (χ1n) is 17.1. The summed E-state index contributed by atoms with van der Waals surface area (Å²) in [6, 6.07) is 20.1. The van der Waals surface area contributed by atoms with Gasteiger partial charge in [-0.3, -0.25) is 4.98 Å². The highest BCUT2D eigenvalue weighted by atomic mass is 19.3. The Bertz CT molecular complexity index is 2220. The van der Waals surface area contributed by atoms with Crippen molar-refractivity contribution in [2.24, 2.45) is 0 Å². The van der Waals surface area contributed by atoms with Crippen molar-refractivity contribution < 1.29 is 22.7 Å². The van der Waals surface area contributed by atoms with Crippen LogP contribution in [-0.4, -0.2) is 70.8 Å². The number of anilines is 2. The molecule has 3 aromatic heterocycles. The fraction of sp³-hybridized carbons (Fsp3) is 0.297. The Kier molecular flexibility index (Phi) is 9.55. The molecule has 1 aliphatic heterocycles. The molecular formula is C37H36F4N10O2. The van der Waals surface area contributed by atoms with Gasteiger partial charge < -0.3 is 14.9 Å². The van der Waals surface area contributed by atoms with E-state index < -0.39 is 41.0 Å². The quantitative estimate of drug-likeness (QED) is 0.176. The Hall–Kier alpha value is -5.90. The molecule has 12 nitrogen and oxygen atoms in total. The fourth-order valence-corrected chi connectivity index (χ4v) is 6.51. The van der Waals surface area contributed by atoms with Crippen molar-refractivity contribution in [1.82, 2.24) is 39.5 Å². The third-order valence-electron chi connectivity index (χ3n) is 9.80. The first kappa shape index (κ1) is 35.5.